The van der Waals surface area contributed by atoms with E-state index in [9.17, 15) is 9.90 Å². The number of nitrogens with zero attached hydrogens (tertiary/aromatic N) is 3. The minimum Gasteiger partial charge on any atom is -0.480 e. The molecule has 0 saturated heterocycles. The maximum atomic E-state index is 11.4. The number of likely N-dealkylation sites (N-methyl/N-ethyl adjacent to an activating group) is 1. The Morgan fingerprint density at radius 3 is 2.58 bits per heavy atom. The normalized spacial score (nSPS) is 12.9. The second-order valence-corrected chi connectivity index (χ2v) is 4.56. The van der Waals surface area contributed by atoms with Gasteiger partial charge in [0.25, 0.3) is 0 Å². The number of nitrogens with one attached hydrogen (secondary N) is 1. The number of hydrogen-bond donors (Lipinski definition) is 2. The summed E-state index contributed by atoms with van der Waals surface area (Å²) >= 11 is 0. The van der Waals surface area contributed by atoms with E-state index in [1.807, 2.05) is 14.0 Å². The SMILES string of the molecule is CCN(CC)CCNC(C(=O)O)c1cnn(C)c1C. The van der Waals surface area contributed by atoms with Crippen LogP contribution < -0.4 is 5.32 Å². The number of aliphatic carboxylic acids is 1. The molecule has 6 nitrogen and oxygen atoms in total. The molecule has 1 unspecified atom stereocenters. The second kappa shape index (κ2) is 7.25. The number of rotatable bonds is 8. The zero-order valence-corrected chi connectivity index (χ0v) is 12.2. The zero-order chi connectivity index (χ0) is 14.4. The van der Waals surface area contributed by atoms with Crippen molar-refractivity contribution in [1.82, 2.24) is 20.0 Å². The largest absolute Gasteiger partial charge is 0.480 e. The third-order valence-corrected chi connectivity index (χ3v) is 3.50. The van der Waals surface area contributed by atoms with Crippen LogP contribution in [0.25, 0.3) is 0 Å². The Balaban J connectivity index is 2.65. The maximum Gasteiger partial charge on any atom is 0.325 e. The molecule has 6 heteroatoms. The molecule has 0 saturated carbocycles. The average molecular weight is 268 g/mol. The quantitative estimate of drug-likeness (QED) is 0.729. The Labute approximate surface area is 114 Å². The van der Waals surface area contributed by atoms with E-state index >= 15 is 0 Å². The van der Waals surface area contributed by atoms with Crippen LogP contribution in [-0.4, -0.2) is 51.9 Å². The lowest BCUT2D eigenvalue weighted by Gasteiger charge is -2.20. The third-order valence-electron chi connectivity index (χ3n) is 3.50. The van der Waals surface area contributed by atoms with Gasteiger partial charge in [0.2, 0.25) is 0 Å². The van der Waals surface area contributed by atoms with E-state index in [0.29, 0.717) is 6.54 Å². The van der Waals surface area contributed by atoms with Crippen molar-refractivity contribution in [2.24, 2.45) is 7.05 Å². The van der Waals surface area contributed by atoms with Gasteiger partial charge in [-0.2, -0.15) is 5.10 Å². The van der Waals surface area contributed by atoms with Crippen LogP contribution in [0.5, 0.6) is 0 Å². The highest BCUT2D eigenvalue weighted by molar-refractivity contribution is 5.75. The van der Waals surface area contributed by atoms with Gasteiger partial charge in [0.15, 0.2) is 0 Å². The van der Waals surface area contributed by atoms with Gasteiger partial charge in [-0.05, 0) is 20.0 Å². The summed E-state index contributed by atoms with van der Waals surface area (Å²) in [5.41, 5.74) is 1.61. The highest BCUT2D eigenvalue weighted by atomic mass is 16.4. The number of aryl methyl sites for hydroxylation is 1. The number of hydrogen-bond acceptors (Lipinski definition) is 4. The lowest BCUT2D eigenvalue weighted by Crippen LogP contribution is -2.36. The van der Waals surface area contributed by atoms with Crippen LogP contribution in [0.2, 0.25) is 0 Å². The van der Waals surface area contributed by atoms with Gasteiger partial charge >= 0.3 is 5.97 Å². The molecule has 1 rings (SSSR count). The van der Waals surface area contributed by atoms with E-state index in [1.165, 1.54) is 0 Å². The molecule has 0 aliphatic carbocycles. The first-order chi connectivity index (χ1) is 9.01. The fraction of sp³-hybridized carbons (Fsp3) is 0.692. The molecule has 108 valence electrons. The summed E-state index contributed by atoms with van der Waals surface area (Å²) in [5, 5.41) is 16.5. The Hall–Kier alpha value is -1.40. The van der Waals surface area contributed by atoms with E-state index in [0.717, 1.165) is 30.9 Å². The topological polar surface area (TPSA) is 70.4 Å². The van der Waals surface area contributed by atoms with Crippen LogP contribution in [-0.2, 0) is 11.8 Å². The van der Waals surface area contributed by atoms with Gasteiger partial charge in [-0.3, -0.25) is 14.8 Å². The molecule has 0 spiro atoms. The predicted molar refractivity (Wildman–Crippen MR) is 74.1 cm³/mol. The number of aromatic nitrogens is 2. The highest BCUT2D eigenvalue weighted by Gasteiger charge is 2.23. The molecule has 0 aromatic carbocycles. The molecule has 0 aliphatic rings. The van der Waals surface area contributed by atoms with Crippen molar-refractivity contribution in [3.8, 4) is 0 Å². The molecule has 0 fully saturated rings. The lowest BCUT2D eigenvalue weighted by molar-refractivity contribution is -0.139. The van der Waals surface area contributed by atoms with Crippen molar-refractivity contribution in [3.05, 3.63) is 17.5 Å². The fourth-order valence-electron chi connectivity index (χ4n) is 2.04. The van der Waals surface area contributed by atoms with Crippen LogP contribution in [0.3, 0.4) is 0 Å². The third kappa shape index (κ3) is 4.04. The van der Waals surface area contributed by atoms with Crippen LogP contribution in [0.4, 0.5) is 0 Å². The van der Waals surface area contributed by atoms with Gasteiger partial charge in [-0.15, -0.1) is 0 Å². The maximum absolute atomic E-state index is 11.4. The van der Waals surface area contributed by atoms with E-state index in [1.54, 1.807) is 10.9 Å². The summed E-state index contributed by atoms with van der Waals surface area (Å²) in [4.78, 5) is 13.6. The first kappa shape index (κ1) is 15.7. The van der Waals surface area contributed by atoms with Gasteiger partial charge in [-0.1, -0.05) is 13.8 Å². The smallest absolute Gasteiger partial charge is 0.325 e. The van der Waals surface area contributed by atoms with Crippen LogP contribution in [0.1, 0.15) is 31.1 Å². The monoisotopic (exact) mass is 268 g/mol. The van der Waals surface area contributed by atoms with Gasteiger partial charge < -0.3 is 10.0 Å². The summed E-state index contributed by atoms with van der Waals surface area (Å²) in [6, 6.07) is -0.690. The minimum absolute atomic E-state index is 0.646. The lowest BCUT2D eigenvalue weighted by atomic mass is 10.1. The van der Waals surface area contributed by atoms with Gasteiger partial charge in [0.05, 0.1) is 6.20 Å². The second-order valence-electron chi connectivity index (χ2n) is 4.56. The van der Waals surface area contributed by atoms with E-state index in [2.05, 4.69) is 29.2 Å². The molecule has 2 N–H and O–H groups in total. The van der Waals surface area contributed by atoms with E-state index < -0.39 is 12.0 Å². The van der Waals surface area contributed by atoms with Gasteiger partial charge in [-0.25, -0.2) is 0 Å². The van der Waals surface area contributed by atoms with Crippen molar-refractivity contribution >= 4 is 5.97 Å². The van der Waals surface area contributed by atoms with Crippen molar-refractivity contribution in [2.75, 3.05) is 26.2 Å². The number of carbonyl (C=O) groups is 1. The molecule has 19 heavy (non-hydrogen) atoms. The summed E-state index contributed by atoms with van der Waals surface area (Å²) in [6.45, 7) is 9.52. The molecule has 0 amide bonds. The molecule has 1 heterocycles. The molecule has 1 atom stereocenters. The molecule has 0 bridgehead atoms. The molecule has 1 aromatic heterocycles. The van der Waals surface area contributed by atoms with Crippen molar-refractivity contribution in [2.45, 2.75) is 26.8 Å². The van der Waals surface area contributed by atoms with Crippen molar-refractivity contribution < 1.29 is 9.90 Å². The Bertz CT molecular complexity index is 413. The van der Waals surface area contributed by atoms with E-state index in [-0.39, 0.29) is 0 Å². The van der Waals surface area contributed by atoms with Crippen LogP contribution in [0, 0.1) is 6.92 Å². The predicted octanol–water partition coefficient (Wildman–Crippen LogP) is 0.786. The van der Waals surface area contributed by atoms with Crippen LogP contribution >= 0.6 is 0 Å². The first-order valence-corrected chi connectivity index (χ1v) is 6.68. The molecule has 0 radical (unpaired) electrons. The molecular weight excluding hydrogens is 244 g/mol. The molecule has 0 aliphatic heterocycles. The number of carboxylic acids is 1. The summed E-state index contributed by atoms with van der Waals surface area (Å²) in [6.07, 6.45) is 1.62. The molecular formula is C13H24N4O2. The van der Waals surface area contributed by atoms with Crippen molar-refractivity contribution in [1.29, 1.82) is 0 Å². The Morgan fingerprint density at radius 1 is 1.53 bits per heavy atom. The molecule has 1 aromatic rings. The Kier molecular flexibility index (Phi) is 5.98. The van der Waals surface area contributed by atoms with Gasteiger partial charge in [0.1, 0.15) is 6.04 Å². The zero-order valence-electron chi connectivity index (χ0n) is 12.2. The highest BCUT2D eigenvalue weighted by Crippen LogP contribution is 2.16. The van der Waals surface area contributed by atoms with Gasteiger partial charge in [0, 0.05) is 31.4 Å². The number of carboxylic acid groups (broad SMARTS) is 1. The summed E-state index contributed by atoms with van der Waals surface area (Å²) in [5.74, 6) is -0.865. The van der Waals surface area contributed by atoms with Crippen molar-refractivity contribution in [3.63, 3.8) is 0 Å². The fourth-order valence-corrected chi connectivity index (χ4v) is 2.04. The standard InChI is InChI=1S/C13H24N4O2/c1-5-17(6-2)8-7-14-12(13(18)19)11-9-15-16(4)10(11)3/h9,12,14H,5-8H2,1-4H3,(H,18,19). The first-order valence-electron chi connectivity index (χ1n) is 6.68. The average Bonchev–Trinajstić information content (AvgIpc) is 2.70. The van der Waals surface area contributed by atoms with E-state index in [4.69, 9.17) is 0 Å². The van der Waals surface area contributed by atoms with Crippen LogP contribution in [0.15, 0.2) is 6.20 Å². The minimum atomic E-state index is -0.865. The summed E-state index contributed by atoms with van der Waals surface area (Å²) in [7, 11) is 1.81. The Morgan fingerprint density at radius 2 is 2.16 bits per heavy atom. The summed E-state index contributed by atoms with van der Waals surface area (Å²) < 4.78 is 1.69.